The lowest BCUT2D eigenvalue weighted by Crippen LogP contribution is -1.92. The highest BCUT2D eigenvalue weighted by Crippen LogP contribution is 2.19. The largest absolute Gasteiger partial charge is 0.411 e. The molecule has 2 rings (SSSR count). The van der Waals surface area contributed by atoms with Gasteiger partial charge in [-0.15, -0.1) is 0 Å². The quantitative estimate of drug-likeness (QED) is 0.349. The molecule has 0 heterocycles. The number of nitrogens with zero attached hydrogens (tertiary/aromatic N) is 1. The number of fused-ring (bicyclic) bond motifs is 1. The molecule has 0 atom stereocenters. The molecular weight excluding hydrogens is 190 g/mol. The molecule has 0 aliphatic heterocycles. The van der Waals surface area contributed by atoms with Crippen LogP contribution in [0.2, 0.25) is 0 Å². The molecule has 0 amide bonds. The van der Waals surface area contributed by atoms with Gasteiger partial charge >= 0.3 is 0 Å². The van der Waals surface area contributed by atoms with Gasteiger partial charge in [0.15, 0.2) is 6.29 Å². The van der Waals surface area contributed by atoms with E-state index in [0.29, 0.717) is 11.1 Å². The van der Waals surface area contributed by atoms with Crippen LogP contribution in [0.4, 0.5) is 0 Å². The Kier molecular flexibility index (Phi) is 2.46. The number of hydrogen-bond acceptors (Lipinski definition) is 3. The fourth-order valence-electron chi connectivity index (χ4n) is 1.62. The number of aldehydes is 1. The van der Waals surface area contributed by atoms with Gasteiger partial charge in [-0.2, -0.15) is 0 Å². The van der Waals surface area contributed by atoms with Crippen molar-refractivity contribution in [1.82, 2.24) is 0 Å². The molecular formula is C12H9NO2. The SMILES string of the molecule is O=Cc1c(C=NO)ccc2ccccc12. The number of carbonyl (C=O) groups excluding carboxylic acids is 1. The summed E-state index contributed by atoms with van der Waals surface area (Å²) >= 11 is 0. The van der Waals surface area contributed by atoms with Crippen molar-refractivity contribution >= 4 is 23.3 Å². The normalized spacial score (nSPS) is 10.9. The molecule has 74 valence electrons. The van der Waals surface area contributed by atoms with E-state index in [1.807, 2.05) is 30.3 Å². The zero-order chi connectivity index (χ0) is 10.7. The van der Waals surface area contributed by atoms with Crippen LogP contribution in [0.25, 0.3) is 10.8 Å². The molecule has 0 aliphatic rings. The topological polar surface area (TPSA) is 49.7 Å². The molecule has 0 unspecified atom stereocenters. The monoisotopic (exact) mass is 199 g/mol. The van der Waals surface area contributed by atoms with Gasteiger partial charge in [0.05, 0.1) is 6.21 Å². The summed E-state index contributed by atoms with van der Waals surface area (Å²) in [5, 5.41) is 13.3. The molecule has 0 saturated carbocycles. The number of carbonyl (C=O) groups is 1. The predicted molar refractivity (Wildman–Crippen MR) is 58.7 cm³/mol. The summed E-state index contributed by atoms with van der Waals surface area (Å²) in [5.74, 6) is 0. The first kappa shape index (κ1) is 9.40. The standard InChI is InChI=1S/C12H9NO2/c14-8-12-10(7-13-15)6-5-9-3-1-2-4-11(9)12/h1-8,15H. The molecule has 15 heavy (non-hydrogen) atoms. The van der Waals surface area contributed by atoms with Gasteiger partial charge in [0.25, 0.3) is 0 Å². The lowest BCUT2D eigenvalue weighted by molar-refractivity contribution is 0.112. The molecule has 0 radical (unpaired) electrons. The van der Waals surface area contributed by atoms with E-state index in [2.05, 4.69) is 5.16 Å². The van der Waals surface area contributed by atoms with Gasteiger partial charge in [-0.25, -0.2) is 0 Å². The third-order valence-corrected chi connectivity index (χ3v) is 2.32. The summed E-state index contributed by atoms with van der Waals surface area (Å²) in [6.07, 6.45) is 2.04. The molecule has 2 aromatic carbocycles. The fraction of sp³-hybridized carbons (Fsp3) is 0. The zero-order valence-corrected chi connectivity index (χ0v) is 7.92. The van der Waals surface area contributed by atoms with E-state index < -0.39 is 0 Å². The number of rotatable bonds is 2. The molecule has 0 bridgehead atoms. The van der Waals surface area contributed by atoms with Crippen molar-refractivity contribution in [2.24, 2.45) is 5.16 Å². The average molecular weight is 199 g/mol. The maximum atomic E-state index is 11.0. The van der Waals surface area contributed by atoms with Crippen LogP contribution in [0.5, 0.6) is 0 Å². The van der Waals surface area contributed by atoms with Gasteiger partial charge in [0.1, 0.15) is 0 Å². The van der Waals surface area contributed by atoms with Gasteiger partial charge in [0, 0.05) is 11.1 Å². The highest BCUT2D eigenvalue weighted by Gasteiger charge is 2.04. The molecule has 3 nitrogen and oxygen atoms in total. The van der Waals surface area contributed by atoms with Crippen molar-refractivity contribution in [2.75, 3.05) is 0 Å². The Labute approximate surface area is 86.6 Å². The van der Waals surface area contributed by atoms with Crippen LogP contribution < -0.4 is 0 Å². The summed E-state index contributed by atoms with van der Waals surface area (Å²) in [6, 6.07) is 11.2. The number of oxime groups is 1. The first-order chi connectivity index (χ1) is 7.36. The van der Waals surface area contributed by atoms with E-state index in [4.69, 9.17) is 5.21 Å². The third kappa shape index (κ3) is 1.59. The Morgan fingerprint density at radius 3 is 2.67 bits per heavy atom. The predicted octanol–water partition coefficient (Wildman–Crippen LogP) is 2.46. The Bertz CT molecular complexity index is 532. The molecule has 1 N–H and O–H groups in total. The van der Waals surface area contributed by atoms with Crippen LogP contribution in [0.1, 0.15) is 15.9 Å². The second-order valence-corrected chi connectivity index (χ2v) is 3.15. The van der Waals surface area contributed by atoms with Crippen molar-refractivity contribution < 1.29 is 10.0 Å². The number of benzene rings is 2. The molecule has 2 aromatic rings. The summed E-state index contributed by atoms with van der Waals surface area (Å²) in [6.45, 7) is 0. The molecule has 3 heteroatoms. The minimum absolute atomic E-state index is 0.547. The van der Waals surface area contributed by atoms with Crippen molar-refractivity contribution in [3.8, 4) is 0 Å². The smallest absolute Gasteiger partial charge is 0.151 e. The van der Waals surface area contributed by atoms with E-state index >= 15 is 0 Å². The third-order valence-electron chi connectivity index (χ3n) is 2.32. The first-order valence-corrected chi connectivity index (χ1v) is 4.51. The van der Waals surface area contributed by atoms with Crippen molar-refractivity contribution in [2.45, 2.75) is 0 Å². The highest BCUT2D eigenvalue weighted by molar-refractivity contribution is 6.05. The van der Waals surface area contributed by atoms with Crippen LogP contribution >= 0.6 is 0 Å². The second-order valence-electron chi connectivity index (χ2n) is 3.15. The molecule has 0 saturated heterocycles. The maximum absolute atomic E-state index is 11.0. The zero-order valence-electron chi connectivity index (χ0n) is 7.92. The number of hydrogen-bond donors (Lipinski definition) is 1. The van der Waals surface area contributed by atoms with E-state index in [1.165, 1.54) is 6.21 Å². The van der Waals surface area contributed by atoms with Gasteiger partial charge in [-0.05, 0) is 10.8 Å². The van der Waals surface area contributed by atoms with Crippen molar-refractivity contribution in [1.29, 1.82) is 0 Å². The lowest BCUT2D eigenvalue weighted by atomic mass is 10.0. The van der Waals surface area contributed by atoms with E-state index in [1.54, 1.807) is 6.07 Å². The van der Waals surface area contributed by atoms with Gasteiger partial charge < -0.3 is 5.21 Å². The van der Waals surface area contributed by atoms with Crippen molar-refractivity contribution in [3.05, 3.63) is 47.5 Å². The van der Waals surface area contributed by atoms with Gasteiger partial charge in [-0.1, -0.05) is 41.6 Å². The second kappa shape index (κ2) is 3.92. The van der Waals surface area contributed by atoms with Crippen LogP contribution in [-0.2, 0) is 0 Å². The van der Waals surface area contributed by atoms with Crippen molar-refractivity contribution in [3.63, 3.8) is 0 Å². The van der Waals surface area contributed by atoms with Crippen LogP contribution in [0.15, 0.2) is 41.6 Å². The summed E-state index contributed by atoms with van der Waals surface area (Å²) < 4.78 is 0. The molecule has 0 fully saturated rings. The Hall–Kier alpha value is -2.16. The Morgan fingerprint density at radius 2 is 1.93 bits per heavy atom. The minimum Gasteiger partial charge on any atom is -0.411 e. The lowest BCUT2D eigenvalue weighted by Gasteiger charge is -2.03. The van der Waals surface area contributed by atoms with Crippen LogP contribution in [0, 0.1) is 0 Å². The molecule has 0 aliphatic carbocycles. The van der Waals surface area contributed by atoms with Crippen LogP contribution in [0.3, 0.4) is 0 Å². The van der Waals surface area contributed by atoms with E-state index in [-0.39, 0.29) is 0 Å². The van der Waals surface area contributed by atoms with Gasteiger partial charge in [-0.3, -0.25) is 4.79 Å². The first-order valence-electron chi connectivity index (χ1n) is 4.51. The maximum Gasteiger partial charge on any atom is 0.151 e. The molecule has 0 spiro atoms. The summed E-state index contributed by atoms with van der Waals surface area (Å²) in [7, 11) is 0. The summed E-state index contributed by atoms with van der Waals surface area (Å²) in [5.41, 5.74) is 1.16. The van der Waals surface area contributed by atoms with Gasteiger partial charge in [0.2, 0.25) is 0 Å². The summed E-state index contributed by atoms with van der Waals surface area (Å²) in [4.78, 5) is 11.0. The Balaban J connectivity index is 2.81. The van der Waals surface area contributed by atoms with Crippen LogP contribution in [-0.4, -0.2) is 17.7 Å². The molecule has 0 aromatic heterocycles. The Morgan fingerprint density at radius 1 is 1.13 bits per heavy atom. The highest BCUT2D eigenvalue weighted by atomic mass is 16.4. The van der Waals surface area contributed by atoms with E-state index in [0.717, 1.165) is 17.1 Å². The minimum atomic E-state index is 0.547. The fourth-order valence-corrected chi connectivity index (χ4v) is 1.62. The average Bonchev–Trinajstić information content (AvgIpc) is 2.29. The van der Waals surface area contributed by atoms with E-state index in [9.17, 15) is 4.79 Å².